The van der Waals surface area contributed by atoms with Gasteiger partial charge in [0.05, 0.1) is 17.8 Å². The van der Waals surface area contributed by atoms with Gasteiger partial charge in [0.2, 0.25) is 18.6 Å². The number of ether oxygens (including phenoxy) is 2. The average molecular weight is 465 g/mol. The Bertz CT molecular complexity index is 1470. The largest absolute Gasteiger partial charge is 0.454 e. The van der Waals surface area contributed by atoms with Gasteiger partial charge in [-0.15, -0.1) is 0 Å². The van der Waals surface area contributed by atoms with Crippen molar-refractivity contribution in [2.45, 2.75) is 6.42 Å². The van der Waals surface area contributed by atoms with Crippen molar-refractivity contribution in [3.63, 3.8) is 0 Å². The zero-order valence-electron chi connectivity index (χ0n) is 18.4. The molecule has 2 amide bonds. The fourth-order valence-electron chi connectivity index (χ4n) is 4.01. The second kappa shape index (κ2) is 8.45. The Morgan fingerprint density at radius 3 is 2.63 bits per heavy atom. The van der Waals surface area contributed by atoms with Crippen LogP contribution in [0, 0.1) is 0 Å². The summed E-state index contributed by atoms with van der Waals surface area (Å²) in [5, 5.41) is 8.93. The van der Waals surface area contributed by atoms with Crippen molar-refractivity contribution in [2.75, 3.05) is 22.7 Å². The van der Waals surface area contributed by atoms with Gasteiger partial charge in [0.1, 0.15) is 0 Å². The highest BCUT2D eigenvalue weighted by Gasteiger charge is 2.21. The summed E-state index contributed by atoms with van der Waals surface area (Å²) >= 11 is 0. The van der Waals surface area contributed by atoms with E-state index in [4.69, 9.17) is 9.47 Å². The van der Waals surface area contributed by atoms with Crippen LogP contribution < -0.4 is 25.4 Å². The summed E-state index contributed by atoms with van der Waals surface area (Å²) in [6, 6.07) is 19.8. The van der Waals surface area contributed by atoms with Crippen molar-refractivity contribution >= 4 is 34.8 Å². The number of para-hydroxylation sites is 1. The van der Waals surface area contributed by atoms with Gasteiger partial charge in [-0.25, -0.2) is 9.97 Å². The summed E-state index contributed by atoms with van der Waals surface area (Å²) in [6.07, 6.45) is 1.87. The normalized spacial score (nSPS) is 13.2. The molecule has 0 unspecified atom stereocenters. The smallest absolute Gasteiger partial charge is 0.255 e. The molecule has 0 saturated carbocycles. The maximum Gasteiger partial charge on any atom is 0.255 e. The third-order valence-electron chi connectivity index (χ3n) is 5.71. The Labute approximate surface area is 200 Å². The lowest BCUT2D eigenvalue weighted by atomic mass is 10.1. The van der Waals surface area contributed by atoms with Gasteiger partial charge in [-0.05, 0) is 42.5 Å². The van der Waals surface area contributed by atoms with Crippen molar-refractivity contribution in [2.24, 2.45) is 0 Å². The van der Waals surface area contributed by atoms with E-state index >= 15 is 0 Å². The summed E-state index contributed by atoms with van der Waals surface area (Å²) in [6.45, 7) is 0.177. The van der Waals surface area contributed by atoms with Crippen LogP contribution in [-0.4, -0.2) is 28.6 Å². The minimum absolute atomic E-state index is 0.102. The van der Waals surface area contributed by atoms with E-state index in [-0.39, 0.29) is 25.0 Å². The summed E-state index contributed by atoms with van der Waals surface area (Å²) in [7, 11) is 0. The highest BCUT2D eigenvalue weighted by Crippen LogP contribution is 2.35. The van der Waals surface area contributed by atoms with Gasteiger partial charge < -0.3 is 25.4 Å². The topological polar surface area (TPSA) is 114 Å². The molecule has 2 aliphatic rings. The molecule has 4 aromatic rings. The first-order valence-corrected chi connectivity index (χ1v) is 11.0. The number of anilines is 4. The average Bonchev–Trinajstić information content (AvgIpc) is 3.28. The number of fused-ring (bicyclic) bond motifs is 4. The van der Waals surface area contributed by atoms with E-state index in [0.29, 0.717) is 34.4 Å². The van der Waals surface area contributed by atoms with Gasteiger partial charge in [0, 0.05) is 40.3 Å². The van der Waals surface area contributed by atoms with E-state index in [1.165, 1.54) is 0 Å². The molecule has 3 heterocycles. The van der Waals surface area contributed by atoms with Crippen LogP contribution in [0.15, 0.2) is 72.9 Å². The standard InChI is InChI=1S/C26H19N5O4/c32-23-11-16-13-27-26(31-24(16)19-3-1-2-4-20(19)30-23)29-17-7-5-15(6-8-17)25(33)28-18-9-10-21-22(12-18)35-14-34-21/h1-10,12-13H,11,14H2,(H,28,33)(H,30,32)(H,27,29,31). The van der Waals surface area contributed by atoms with Gasteiger partial charge >= 0.3 is 0 Å². The Morgan fingerprint density at radius 2 is 1.74 bits per heavy atom. The summed E-state index contributed by atoms with van der Waals surface area (Å²) in [5.41, 5.74) is 4.86. The van der Waals surface area contributed by atoms with Crippen molar-refractivity contribution < 1.29 is 19.1 Å². The van der Waals surface area contributed by atoms with Gasteiger partial charge in [-0.1, -0.05) is 18.2 Å². The zero-order valence-corrected chi connectivity index (χ0v) is 18.4. The van der Waals surface area contributed by atoms with Crippen LogP contribution in [0.5, 0.6) is 11.5 Å². The number of carbonyl (C=O) groups is 2. The number of hydrogen-bond donors (Lipinski definition) is 3. The molecule has 0 bridgehead atoms. The number of nitrogens with zero attached hydrogens (tertiary/aromatic N) is 2. The molecule has 9 heteroatoms. The molecule has 172 valence electrons. The molecule has 1 aromatic heterocycles. The first-order valence-electron chi connectivity index (χ1n) is 11.0. The van der Waals surface area contributed by atoms with Crippen LogP contribution in [0.1, 0.15) is 15.9 Å². The monoisotopic (exact) mass is 465 g/mol. The molecule has 2 aliphatic heterocycles. The van der Waals surface area contributed by atoms with Crippen LogP contribution in [0.3, 0.4) is 0 Å². The van der Waals surface area contributed by atoms with Gasteiger partial charge in [0.25, 0.3) is 5.91 Å². The van der Waals surface area contributed by atoms with E-state index in [9.17, 15) is 9.59 Å². The van der Waals surface area contributed by atoms with Crippen LogP contribution in [0.25, 0.3) is 11.3 Å². The van der Waals surface area contributed by atoms with E-state index < -0.39 is 0 Å². The third-order valence-corrected chi connectivity index (χ3v) is 5.71. The second-order valence-electron chi connectivity index (χ2n) is 8.06. The lowest BCUT2D eigenvalue weighted by Gasteiger charge is -2.11. The fourth-order valence-corrected chi connectivity index (χ4v) is 4.01. The highest BCUT2D eigenvalue weighted by atomic mass is 16.7. The lowest BCUT2D eigenvalue weighted by molar-refractivity contribution is -0.115. The fraction of sp³-hybridized carbons (Fsp3) is 0.0769. The van der Waals surface area contributed by atoms with Crippen LogP contribution in [0.4, 0.5) is 23.0 Å². The molecule has 0 spiro atoms. The maximum atomic E-state index is 12.7. The van der Waals surface area contributed by atoms with Gasteiger partial charge in [-0.2, -0.15) is 0 Å². The number of rotatable bonds is 4. The summed E-state index contributed by atoms with van der Waals surface area (Å²) in [5.74, 6) is 1.31. The van der Waals surface area contributed by atoms with E-state index in [1.54, 1.807) is 48.7 Å². The number of nitrogens with one attached hydrogen (secondary N) is 3. The van der Waals surface area contributed by atoms with Crippen LogP contribution in [-0.2, 0) is 11.2 Å². The lowest BCUT2D eigenvalue weighted by Crippen LogP contribution is -2.12. The van der Waals surface area contributed by atoms with Crippen molar-refractivity contribution in [1.29, 1.82) is 0 Å². The maximum absolute atomic E-state index is 12.7. The van der Waals surface area contributed by atoms with E-state index in [0.717, 1.165) is 22.5 Å². The Kier molecular flexibility index (Phi) is 4.99. The van der Waals surface area contributed by atoms with Gasteiger partial charge in [-0.3, -0.25) is 9.59 Å². The molecular weight excluding hydrogens is 446 g/mol. The second-order valence-corrected chi connectivity index (χ2v) is 8.06. The number of aromatic nitrogens is 2. The molecule has 0 atom stereocenters. The molecule has 3 N–H and O–H groups in total. The van der Waals surface area contributed by atoms with Gasteiger partial charge in [0.15, 0.2) is 11.5 Å². The predicted molar refractivity (Wildman–Crippen MR) is 130 cm³/mol. The minimum Gasteiger partial charge on any atom is -0.454 e. The quantitative estimate of drug-likeness (QED) is 0.410. The van der Waals surface area contributed by atoms with Crippen molar-refractivity contribution in [3.8, 4) is 22.8 Å². The number of carbonyl (C=O) groups excluding carboxylic acids is 2. The van der Waals surface area contributed by atoms with E-state index in [1.807, 2.05) is 24.3 Å². The Morgan fingerprint density at radius 1 is 0.943 bits per heavy atom. The van der Waals surface area contributed by atoms with Crippen molar-refractivity contribution in [3.05, 3.63) is 84.1 Å². The number of amides is 2. The van der Waals surface area contributed by atoms with Crippen LogP contribution in [0.2, 0.25) is 0 Å². The van der Waals surface area contributed by atoms with Crippen LogP contribution >= 0.6 is 0 Å². The SMILES string of the molecule is O=C1Cc2cnc(Nc3ccc(C(=O)Nc4ccc5c(c4)OCO5)cc3)nc2-c2ccccc2N1. The molecule has 0 saturated heterocycles. The summed E-state index contributed by atoms with van der Waals surface area (Å²) < 4.78 is 10.6. The molecule has 0 radical (unpaired) electrons. The zero-order chi connectivity index (χ0) is 23.8. The molecular formula is C26H19N5O4. The van der Waals surface area contributed by atoms with E-state index in [2.05, 4.69) is 25.9 Å². The molecule has 35 heavy (non-hydrogen) atoms. The number of benzene rings is 3. The first kappa shape index (κ1) is 20.7. The Hall–Kier alpha value is -4.92. The Balaban J connectivity index is 1.19. The minimum atomic E-state index is -0.245. The third kappa shape index (κ3) is 4.10. The number of hydrogen-bond acceptors (Lipinski definition) is 7. The molecule has 0 aliphatic carbocycles. The first-order chi connectivity index (χ1) is 17.1. The molecule has 0 fully saturated rings. The predicted octanol–water partition coefficient (Wildman–Crippen LogP) is 4.36. The molecule has 6 rings (SSSR count). The molecule has 9 nitrogen and oxygen atoms in total. The molecule has 3 aromatic carbocycles. The van der Waals surface area contributed by atoms with Crippen molar-refractivity contribution in [1.82, 2.24) is 9.97 Å². The summed E-state index contributed by atoms with van der Waals surface area (Å²) in [4.78, 5) is 33.9. The highest BCUT2D eigenvalue weighted by molar-refractivity contribution is 6.04.